The summed E-state index contributed by atoms with van der Waals surface area (Å²) < 4.78 is 16.8. The number of amides is 1. The number of rotatable bonds is 12. The number of β-amino-alcohol motifs (C(OH)–C–C–N with tert-alkyl or cyclic N) is 1. The van der Waals surface area contributed by atoms with Gasteiger partial charge < -0.3 is 24.2 Å². The molecule has 2 unspecified atom stereocenters. The van der Waals surface area contributed by atoms with E-state index < -0.39 is 6.10 Å². The Kier molecular flexibility index (Phi) is 10.6. The fourth-order valence-corrected chi connectivity index (χ4v) is 4.07. The number of aliphatic hydroxyl groups is 1. The van der Waals surface area contributed by atoms with Gasteiger partial charge in [-0.3, -0.25) is 14.6 Å². The van der Waals surface area contributed by atoms with Crippen LogP contribution in [-0.4, -0.2) is 123 Å². The van der Waals surface area contributed by atoms with Crippen LogP contribution in [0.25, 0.3) is 0 Å². The second-order valence-corrected chi connectivity index (χ2v) is 8.30. The van der Waals surface area contributed by atoms with Crippen molar-refractivity contribution in [1.82, 2.24) is 14.7 Å². The van der Waals surface area contributed by atoms with E-state index in [2.05, 4.69) is 16.4 Å². The number of morpholine rings is 2. The van der Waals surface area contributed by atoms with Crippen molar-refractivity contribution in [2.24, 2.45) is 0 Å². The topological polar surface area (TPSA) is 74.7 Å². The Morgan fingerprint density at radius 2 is 1.97 bits per heavy atom. The summed E-state index contributed by atoms with van der Waals surface area (Å²) in [6.45, 7) is 12.1. The smallest absolute Gasteiger partial charge is 0.253 e. The maximum Gasteiger partial charge on any atom is 0.253 e. The maximum atomic E-state index is 13.2. The molecule has 2 fully saturated rings. The number of benzene rings is 1. The number of hydrogen-bond donors (Lipinski definition) is 1. The van der Waals surface area contributed by atoms with Crippen molar-refractivity contribution in [1.29, 1.82) is 0 Å². The summed E-state index contributed by atoms with van der Waals surface area (Å²) in [6, 6.07) is 9.42. The zero-order valence-electron chi connectivity index (χ0n) is 18.9. The zero-order valence-corrected chi connectivity index (χ0v) is 18.9. The minimum absolute atomic E-state index is 0.0254. The molecule has 0 spiro atoms. The molecule has 2 heterocycles. The summed E-state index contributed by atoms with van der Waals surface area (Å²) in [5.41, 5.74) is 0.692. The minimum atomic E-state index is -0.558. The molecule has 8 nitrogen and oxygen atoms in total. The molecule has 2 aliphatic rings. The second kappa shape index (κ2) is 13.7. The standard InChI is InChI=1S/C24H37N3O5/c1-2-13-31-20-22(28)17-26-12-16-32-23(18-26)19-27(9-8-25-10-14-30-15-11-25)24(29)21-6-4-3-5-7-21/h2-7,22-23,28H,1,8-20H2. The Hall–Kier alpha value is -1.81. The lowest BCUT2D eigenvalue weighted by Crippen LogP contribution is -2.52. The van der Waals surface area contributed by atoms with E-state index in [0.717, 1.165) is 39.4 Å². The lowest BCUT2D eigenvalue weighted by Gasteiger charge is -2.37. The fraction of sp³-hybridized carbons (Fsp3) is 0.625. The Balaban J connectivity index is 1.56. The van der Waals surface area contributed by atoms with Gasteiger partial charge in [-0.15, -0.1) is 6.58 Å². The predicted octanol–water partition coefficient (Wildman–Crippen LogP) is 0.725. The normalized spacial score (nSPS) is 21.2. The SMILES string of the molecule is C=CCOCC(O)CN1CCOC(CN(CCN2CCOCC2)C(=O)c2ccccc2)C1. The highest BCUT2D eigenvalue weighted by molar-refractivity contribution is 5.94. The molecule has 1 aromatic rings. The number of hydrogen-bond acceptors (Lipinski definition) is 7. The zero-order chi connectivity index (χ0) is 22.6. The summed E-state index contributed by atoms with van der Waals surface area (Å²) in [5, 5.41) is 10.2. The van der Waals surface area contributed by atoms with E-state index in [1.807, 2.05) is 35.2 Å². The third-order valence-electron chi connectivity index (χ3n) is 5.76. The van der Waals surface area contributed by atoms with E-state index in [4.69, 9.17) is 14.2 Å². The fourth-order valence-electron chi connectivity index (χ4n) is 4.07. The van der Waals surface area contributed by atoms with Crippen molar-refractivity contribution in [2.75, 3.05) is 85.4 Å². The molecule has 2 saturated heterocycles. The molecule has 0 radical (unpaired) electrons. The van der Waals surface area contributed by atoms with Gasteiger partial charge in [0.2, 0.25) is 0 Å². The van der Waals surface area contributed by atoms with Crippen LogP contribution in [0.5, 0.6) is 0 Å². The second-order valence-electron chi connectivity index (χ2n) is 8.30. The highest BCUT2D eigenvalue weighted by Crippen LogP contribution is 2.12. The van der Waals surface area contributed by atoms with Crippen LogP contribution in [0.4, 0.5) is 0 Å². The summed E-state index contributed by atoms with van der Waals surface area (Å²) in [7, 11) is 0. The third kappa shape index (κ3) is 8.27. The lowest BCUT2D eigenvalue weighted by atomic mass is 10.1. The summed E-state index contributed by atoms with van der Waals surface area (Å²) in [4.78, 5) is 19.7. The van der Waals surface area contributed by atoms with E-state index in [0.29, 0.717) is 45.0 Å². The van der Waals surface area contributed by atoms with Gasteiger partial charge >= 0.3 is 0 Å². The van der Waals surface area contributed by atoms with Crippen LogP contribution < -0.4 is 0 Å². The van der Waals surface area contributed by atoms with E-state index >= 15 is 0 Å². The summed E-state index contributed by atoms with van der Waals surface area (Å²) >= 11 is 0. The van der Waals surface area contributed by atoms with Crippen LogP contribution >= 0.6 is 0 Å². The van der Waals surface area contributed by atoms with Crippen LogP contribution in [0, 0.1) is 0 Å². The molecular weight excluding hydrogens is 410 g/mol. The molecular formula is C24H37N3O5. The van der Waals surface area contributed by atoms with Crippen LogP contribution in [0.2, 0.25) is 0 Å². The largest absolute Gasteiger partial charge is 0.389 e. The van der Waals surface area contributed by atoms with Gasteiger partial charge in [0.25, 0.3) is 5.91 Å². The average Bonchev–Trinajstić information content (AvgIpc) is 2.83. The van der Waals surface area contributed by atoms with E-state index in [1.165, 1.54) is 0 Å². The highest BCUT2D eigenvalue weighted by atomic mass is 16.5. The third-order valence-corrected chi connectivity index (χ3v) is 5.76. The highest BCUT2D eigenvalue weighted by Gasteiger charge is 2.27. The Labute approximate surface area is 191 Å². The van der Waals surface area contributed by atoms with Crippen molar-refractivity contribution in [3.05, 3.63) is 48.6 Å². The first kappa shape index (κ1) is 24.8. The first-order chi connectivity index (χ1) is 15.7. The van der Waals surface area contributed by atoms with Gasteiger partial charge in [0.05, 0.1) is 45.2 Å². The molecule has 2 atom stereocenters. The van der Waals surface area contributed by atoms with Gasteiger partial charge in [-0.1, -0.05) is 24.3 Å². The van der Waals surface area contributed by atoms with E-state index in [-0.39, 0.29) is 18.6 Å². The van der Waals surface area contributed by atoms with Gasteiger partial charge in [0.15, 0.2) is 0 Å². The lowest BCUT2D eigenvalue weighted by molar-refractivity contribution is -0.0583. The van der Waals surface area contributed by atoms with Crippen LogP contribution in [-0.2, 0) is 14.2 Å². The number of ether oxygens (including phenoxy) is 3. The van der Waals surface area contributed by atoms with E-state index in [9.17, 15) is 9.90 Å². The van der Waals surface area contributed by atoms with Crippen LogP contribution in [0.15, 0.2) is 43.0 Å². The van der Waals surface area contributed by atoms with Gasteiger partial charge in [-0.05, 0) is 12.1 Å². The van der Waals surface area contributed by atoms with Crippen molar-refractivity contribution in [3.8, 4) is 0 Å². The molecule has 1 aromatic carbocycles. The van der Waals surface area contributed by atoms with Gasteiger partial charge in [0, 0.05) is 57.9 Å². The number of carbonyl (C=O) groups is 1. The molecule has 8 heteroatoms. The summed E-state index contributed by atoms with van der Waals surface area (Å²) in [6.07, 6.45) is 1.02. The van der Waals surface area contributed by atoms with Crippen molar-refractivity contribution in [3.63, 3.8) is 0 Å². The van der Waals surface area contributed by atoms with Gasteiger partial charge in [-0.25, -0.2) is 0 Å². The molecule has 1 N–H and O–H groups in total. The van der Waals surface area contributed by atoms with Crippen LogP contribution in [0.1, 0.15) is 10.4 Å². The quantitative estimate of drug-likeness (QED) is 0.374. The van der Waals surface area contributed by atoms with E-state index in [1.54, 1.807) is 6.08 Å². The number of nitrogens with zero attached hydrogens (tertiary/aromatic N) is 3. The molecule has 32 heavy (non-hydrogen) atoms. The minimum Gasteiger partial charge on any atom is -0.389 e. The molecule has 2 aliphatic heterocycles. The molecule has 0 saturated carbocycles. The molecule has 3 rings (SSSR count). The molecule has 0 aromatic heterocycles. The maximum absolute atomic E-state index is 13.2. The van der Waals surface area contributed by atoms with Crippen molar-refractivity contribution >= 4 is 5.91 Å². The summed E-state index contributed by atoms with van der Waals surface area (Å²) in [5.74, 6) is 0.0254. The number of aliphatic hydroxyl groups excluding tert-OH is 1. The Morgan fingerprint density at radius 1 is 1.22 bits per heavy atom. The van der Waals surface area contributed by atoms with Gasteiger partial charge in [-0.2, -0.15) is 0 Å². The number of carbonyl (C=O) groups excluding carboxylic acids is 1. The Morgan fingerprint density at radius 3 is 2.72 bits per heavy atom. The van der Waals surface area contributed by atoms with Crippen molar-refractivity contribution < 1.29 is 24.1 Å². The molecule has 178 valence electrons. The molecule has 1 amide bonds. The molecule has 0 aliphatic carbocycles. The Bertz CT molecular complexity index is 683. The average molecular weight is 448 g/mol. The van der Waals surface area contributed by atoms with Gasteiger partial charge in [0.1, 0.15) is 0 Å². The first-order valence-corrected chi connectivity index (χ1v) is 11.5. The monoisotopic (exact) mass is 447 g/mol. The first-order valence-electron chi connectivity index (χ1n) is 11.5. The molecule has 0 bridgehead atoms. The predicted molar refractivity (Wildman–Crippen MR) is 123 cm³/mol. The van der Waals surface area contributed by atoms with Crippen molar-refractivity contribution in [2.45, 2.75) is 12.2 Å². The van der Waals surface area contributed by atoms with Crippen LogP contribution in [0.3, 0.4) is 0 Å².